The van der Waals surface area contributed by atoms with Gasteiger partial charge >= 0.3 is 16.4 Å². The molecule has 0 bridgehead atoms. The number of benzene rings is 2. The Bertz CT molecular complexity index is 1650. The van der Waals surface area contributed by atoms with Crippen molar-refractivity contribution in [3.8, 4) is 5.75 Å². The molecule has 0 radical (unpaired) electrons. The average molecular weight is 658 g/mol. The summed E-state index contributed by atoms with van der Waals surface area (Å²) in [5, 5.41) is 13.8. The van der Waals surface area contributed by atoms with Gasteiger partial charge in [0, 0.05) is 31.3 Å². The zero-order chi connectivity index (χ0) is 31.8. The van der Waals surface area contributed by atoms with Gasteiger partial charge in [-0.2, -0.15) is 30.6 Å². The van der Waals surface area contributed by atoms with Crippen molar-refractivity contribution in [2.45, 2.75) is 41.9 Å². The van der Waals surface area contributed by atoms with Gasteiger partial charge < -0.3 is 9.84 Å². The van der Waals surface area contributed by atoms with Crippen LogP contribution < -0.4 is 4.74 Å². The number of carbonyl (C=O) groups excluding carboxylic acids is 2. The van der Waals surface area contributed by atoms with E-state index in [0.29, 0.717) is 5.56 Å². The van der Waals surface area contributed by atoms with Gasteiger partial charge in [-0.05, 0) is 42.7 Å². The molecule has 1 aromatic heterocycles. The van der Waals surface area contributed by atoms with Gasteiger partial charge in [-0.15, -0.1) is 5.10 Å². The van der Waals surface area contributed by atoms with Crippen molar-refractivity contribution in [1.82, 2.24) is 23.4 Å². The maximum atomic E-state index is 14.5. The number of amides is 1. The van der Waals surface area contributed by atoms with Gasteiger partial charge in [-0.25, -0.2) is 13.7 Å². The average Bonchev–Trinajstić information content (AvgIpc) is 3.62. The Morgan fingerprint density at radius 1 is 1.11 bits per heavy atom. The highest BCUT2D eigenvalue weighted by atomic mass is 32.2. The fraction of sp³-hybridized carbons (Fsp3) is 0.407. The minimum atomic E-state index is -5.18. The normalized spacial score (nSPS) is 21.5. The summed E-state index contributed by atoms with van der Waals surface area (Å²) in [6.45, 7) is -1.06. The zero-order valence-corrected chi connectivity index (χ0v) is 24.8. The molecule has 2 fully saturated rings. The number of methoxy groups -OCH3 is 1. The topological polar surface area (TPSA) is 135 Å². The minimum Gasteiger partial charge on any atom is -0.496 e. The van der Waals surface area contributed by atoms with Crippen LogP contribution in [0.4, 0.5) is 17.6 Å². The Morgan fingerprint density at radius 3 is 2.45 bits per heavy atom. The quantitative estimate of drug-likeness (QED) is 0.286. The molecule has 0 spiro atoms. The van der Waals surface area contributed by atoms with Gasteiger partial charge in [0.25, 0.3) is 5.91 Å². The van der Waals surface area contributed by atoms with Gasteiger partial charge in [0.15, 0.2) is 11.0 Å². The zero-order valence-electron chi connectivity index (χ0n) is 23.1. The Balaban J connectivity index is 1.51. The van der Waals surface area contributed by atoms with E-state index in [0.717, 1.165) is 20.7 Å². The molecule has 0 aliphatic carbocycles. The smallest absolute Gasteiger partial charge is 0.401 e. The SMILES string of the molecule is COc1ccccc1C(=O)n1nc(C2CCN(S(=O)(=O)N3CCC(O)C3)C(=O)C2C(F)(F)F)nc1SCc1ccc(F)cc1. The van der Waals surface area contributed by atoms with E-state index in [4.69, 9.17) is 4.74 Å². The monoisotopic (exact) mass is 657 g/mol. The molecule has 2 aromatic carbocycles. The second-order valence-electron chi connectivity index (χ2n) is 10.2. The van der Waals surface area contributed by atoms with Crippen LogP contribution in [0.25, 0.3) is 0 Å². The Kier molecular flexibility index (Phi) is 9.02. The molecule has 11 nitrogen and oxygen atoms in total. The lowest BCUT2D eigenvalue weighted by Crippen LogP contribution is -2.55. The number of hydrogen-bond acceptors (Lipinski definition) is 9. The molecule has 5 rings (SSSR count). The number of para-hydroxylation sites is 1. The molecule has 0 saturated carbocycles. The standard InChI is InChI=1S/C27H27F4N5O6S2/c1-42-21-5-3-2-4-19(21)24(38)36-26(43-15-16-6-8-17(28)9-7-16)32-23(33-36)20-11-13-35(25(39)22(20)27(29,30)31)44(40,41)34-12-10-18(37)14-34/h2-9,18,20,22,37H,10-15H2,1H3. The van der Waals surface area contributed by atoms with Crippen LogP contribution in [0.15, 0.2) is 53.7 Å². The highest BCUT2D eigenvalue weighted by Crippen LogP contribution is 2.44. The molecular weight excluding hydrogens is 630 g/mol. The first kappa shape index (κ1) is 31.9. The number of nitrogens with zero attached hydrogens (tertiary/aromatic N) is 5. The molecular formula is C27H27F4N5O6S2. The fourth-order valence-electron chi connectivity index (χ4n) is 5.16. The molecule has 1 amide bonds. The van der Waals surface area contributed by atoms with Crippen LogP contribution in [-0.4, -0.2) is 87.7 Å². The van der Waals surface area contributed by atoms with E-state index >= 15 is 0 Å². The van der Waals surface area contributed by atoms with Crippen LogP contribution >= 0.6 is 11.8 Å². The van der Waals surface area contributed by atoms with E-state index < -0.39 is 70.7 Å². The predicted molar refractivity (Wildman–Crippen MR) is 148 cm³/mol. The molecule has 3 atom stereocenters. The largest absolute Gasteiger partial charge is 0.496 e. The summed E-state index contributed by atoms with van der Waals surface area (Å²) in [4.78, 5) is 31.1. The number of aliphatic hydroxyl groups is 1. The summed E-state index contributed by atoms with van der Waals surface area (Å²) >= 11 is 0.961. The number of thioether (sulfide) groups is 1. The van der Waals surface area contributed by atoms with E-state index in [1.54, 1.807) is 12.1 Å². The van der Waals surface area contributed by atoms with Gasteiger partial charge in [0.1, 0.15) is 17.5 Å². The van der Waals surface area contributed by atoms with Crippen LogP contribution in [0, 0.1) is 11.7 Å². The second-order valence-corrected chi connectivity index (χ2v) is 13.0. The van der Waals surface area contributed by atoms with Crippen LogP contribution in [0.2, 0.25) is 0 Å². The third kappa shape index (κ3) is 6.31. The summed E-state index contributed by atoms with van der Waals surface area (Å²) in [5.74, 6) is -7.56. The van der Waals surface area contributed by atoms with E-state index in [1.165, 1.54) is 43.5 Å². The summed E-state index contributed by atoms with van der Waals surface area (Å²) in [6, 6.07) is 11.6. The first-order chi connectivity index (χ1) is 20.8. The molecule has 1 N–H and O–H groups in total. The van der Waals surface area contributed by atoms with Crippen molar-refractivity contribution in [3.63, 3.8) is 0 Å². The van der Waals surface area contributed by atoms with Crippen molar-refractivity contribution in [3.05, 3.63) is 71.3 Å². The Hall–Kier alpha value is -3.54. The fourth-order valence-corrected chi connectivity index (χ4v) is 7.70. The lowest BCUT2D eigenvalue weighted by atomic mass is 9.84. The number of carbonyl (C=O) groups is 2. The summed E-state index contributed by atoms with van der Waals surface area (Å²) in [5.41, 5.74) is 0.679. The first-order valence-electron chi connectivity index (χ1n) is 13.4. The van der Waals surface area contributed by atoms with Crippen molar-refractivity contribution >= 4 is 33.8 Å². The van der Waals surface area contributed by atoms with Crippen molar-refractivity contribution in [1.29, 1.82) is 0 Å². The minimum absolute atomic E-state index is 0.0484. The van der Waals surface area contributed by atoms with E-state index in [-0.39, 0.29) is 46.0 Å². The van der Waals surface area contributed by atoms with Gasteiger partial charge in [-0.3, -0.25) is 9.59 Å². The number of alkyl halides is 3. The highest BCUT2D eigenvalue weighted by molar-refractivity contribution is 7.98. The second kappa shape index (κ2) is 12.5. The Morgan fingerprint density at radius 2 is 1.82 bits per heavy atom. The number of aromatic nitrogens is 3. The number of hydrogen-bond donors (Lipinski definition) is 1. The number of aliphatic hydroxyl groups excluding tert-OH is 1. The maximum Gasteiger partial charge on any atom is 0.401 e. The summed E-state index contributed by atoms with van der Waals surface area (Å²) in [7, 11) is -3.29. The number of halogens is 4. The van der Waals surface area contributed by atoms with E-state index in [2.05, 4.69) is 10.1 Å². The van der Waals surface area contributed by atoms with E-state index in [1.807, 2.05) is 0 Å². The van der Waals surface area contributed by atoms with Crippen molar-refractivity contribution < 1.29 is 45.4 Å². The molecule has 3 heterocycles. The third-order valence-corrected chi connectivity index (χ3v) is 10.3. The molecule has 2 aliphatic rings. The molecule has 17 heteroatoms. The van der Waals surface area contributed by atoms with Crippen LogP contribution in [0.5, 0.6) is 5.75 Å². The highest BCUT2D eigenvalue weighted by Gasteiger charge is 2.57. The Labute approximate surface area is 254 Å². The predicted octanol–water partition coefficient (Wildman–Crippen LogP) is 3.21. The first-order valence-corrected chi connectivity index (χ1v) is 15.8. The van der Waals surface area contributed by atoms with Crippen molar-refractivity contribution in [2.24, 2.45) is 5.92 Å². The summed E-state index contributed by atoms with van der Waals surface area (Å²) < 4.78 is 90.1. The van der Waals surface area contributed by atoms with Crippen LogP contribution in [-0.2, 0) is 20.8 Å². The molecule has 2 saturated heterocycles. The van der Waals surface area contributed by atoms with E-state index in [9.17, 15) is 40.7 Å². The van der Waals surface area contributed by atoms with Crippen LogP contribution in [0.3, 0.4) is 0 Å². The number of piperidine rings is 1. The lowest BCUT2D eigenvalue weighted by molar-refractivity contribution is -0.195. The van der Waals surface area contributed by atoms with Crippen molar-refractivity contribution in [2.75, 3.05) is 26.7 Å². The molecule has 3 aromatic rings. The maximum absolute atomic E-state index is 14.5. The van der Waals surface area contributed by atoms with Gasteiger partial charge in [0.2, 0.25) is 5.91 Å². The number of β-amino-alcohol motifs (C(OH)–C–C–N with tert-alkyl or cyclic N) is 1. The summed E-state index contributed by atoms with van der Waals surface area (Å²) in [6.07, 6.45) is -6.55. The molecule has 236 valence electrons. The van der Waals surface area contributed by atoms with Crippen LogP contribution in [0.1, 0.15) is 40.5 Å². The molecule has 3 unspecified atom stereocenters. The van der Waals surface area contributed by atoms with Gasteiger partial charge in [0.05, 0.1) is 18.8 Å². The molecule has 44 heavy (non-hydrogen) atoms. The third-order valence-electron chi connectivity index (χ3n) is 7.38. The molecule has 2 aliphatic heterocycles. The lowest BCUT2D eigenvalue weighted by Gasteiger charge is -2.38. The van der Waals surface area contributed by atoms with Gasteiger partial charge in [-0.1, -0.05) is 36.0 Å². The number of ether oxygens (including phenoxy) is 1. The number of rotatable bonds is 8.